The van der Waals surface area contributed by atoms with Crippen LogP contribution in [0.5, 0.6) is 23.0 Å². The number of allylic oxidation sites excluding steroid dienone is 1. The molecule has 0 atom stereocenters. The molecule has 0 aromatic heterocycles. The second-order valence-corrected chi connectivity index (χ2v) is 6.46. The van der Waals surface area contributed by atoms with Crippen LogP contribution in [-0.2, 0) is 16.0 Å². The first-order valence-corrected chi connectivity index (χ1v) is 8.76. The van der Waals surface area contributed by atoms with Crippen molar-refractivity contribution in [1.82, 2.24) is 0 Å². The molecule has 148 valence electrons. The lowest BCUT2D eigenvalue weighted by Gasteiger charge is -2.15. The van der Waals surface area contributed by atoms with Crippen molar-refractivity contribution in [3.05, 3.63) is 41.5 Å². The van der Waals surface area contributed by atoms with Crippen molar-refractivity contribution in [2.75, 3.05) is 14.2 Å². The highest BCUT2D eigenvalue weighted by molar-refractivity contribution is 5.92. The van der Waals surface area contributed by atoms with Gasteiger partial charge in [-0.25, -0.2) is 0 Å². The zero-order valence-corrected chi connectivity index (χ0v) is 16.4. The number of methoxy groups -OCH3 is 2. The fourth-order valence-corrected chi connectivity index (χ4v) is 2.79. The number of ether oxygens (including phenoxy) is 2. The number of rotatable bonds is 8. The maximum atomic E-state index is 11.3. The van der Waals surface area contributed by atoms with Crippen LogP contribution in [0.25, 0.3) is 17.2 Å². The van der Waals surface area contributed by atoms with Crippen molar-refractivity contribution < 1.29 is 29.3 Å². The molecule has 0 amide bonds. The lowest BCUT2D eigenvalue weighted by molar-refractivity contribution is -0.117. The molecule has 0 heterocycles. The minimum absolute atomic E-state index is 0.0504. The Morgan fingerprint density at radius 2 is 1.50 bits per heavy atom. The van der Waals surface area contributed by atoms with E-state index in [2.05, 4.69) is 0 Å². The first-order chi connectivity index (χ1) is 13.3. The number of ketones is 2. The predicted octanol–water partition coefficient (Wildman–Crippen LogP) is 3.91. The number of benzene rings is 2. The topological polar surface area (TPSA) is 93.1 Å². The van der Waals surface area contributed by atoms with E-state index in [4.69, 9.17) is 9.47 Å². The number of phenols is 2. The Morgan fingerprint density at radius 1 is 0.929 bits per heavy atom. The summed E-state index contributed by atoms with van der Waals surface area (Å²) in [5, 5.41) is 21.2. The van der Waals surface area contributed by atoms with Crippen molar-refractivity contribution in [3.8, 4) is 34.1 Å². The molecule has 0 spiro atoms. The highest BCUT2D eigenvalue weighted by Gasteiger charge is 2.19. The van der Waals surface area contributed by atoms with E-state index >= 15 is 0 Å². The molecule has 0 saturated heterocycles. The molecule has 2 N–H and O–H groups in total. The number of aromatic hydroxyl groups is 2. The van der Waals surface area contributed by atoms with Crippen LogP contribution in [0.4, 0.5) is 0 Å². The van der Waals surface area contributed by atoms with Gasteiger partial charge in [0.1, 0.15) is 5.78 Å². The molecule has 0 unspecified atom stereocenters. The number of hydrogen-bond donors (Lipinski definition) is 2. The van der Waals surface area contributed by atoms with Crippen LogP contribution in [0.1, 0.15) is 31.4 Å². The molecule has 0 aliphatic rings. The van der Waals surface area contributed by atoms with Gasteiger partial charge in [0.25, 0.3) is 0 Å². The van der Waals surface area contributed by atoms with E-state index in [0.29, 0.717) is 29.5 Å². The second-order valence-electron chi connectivity index (χ2n) is 6.46. The highest BCUT2D eigenvalue weighted by Crippen LogP contribution is 2.45. The minimum atomic E-state index is -0.149. The SMILES string of the molecule is COc1cc(/C=C/C(C)=O)cc(-c2cc(CCC(C)=O)cc(OC)c2O)c1O. The van der Waals surface area contributed by atoms with Gasteiger partial charge in [0.05, 0.1) is 14.2 Å². The zero-order chi connectivity index (χ0) is 20.8. The Morgan fingerprint density at radius 3 is 2.04 bits per heavy atom. The number of aryl methyl sites for hydroxylation is 1. The van der Waals surface area contributed by atoms with Crippen LogP contribution < -0.4 is 9.47 Å². The van der Waals surface area contributed by atoms with Crippen LogP contribution in [0, 0.1) is 0 Å². The second kappa shape index (κ2) is 9.08. The van der Waals surface area contributed by atoms with E-state index in [1.807, 2.05) is 0 Å². The Labute approximate surface area is 164 Å². The molecule has 0 aliphatic heterocycles. The first-order valence-electron chi connectivity index (χ1n) is 8.76. The van der Waals surface area contributed by atoms with Gasteiger partial charge in [0.2, 0.25) is 0 Å². The zero-order valence-electron chi connectivity index (χ0n) is 16.4. The Kier molecular flexibility index (Phi) is 6.82. The number of Topliss-reactive ketones (excluding diaryl/α,β-unsaturated/α-hetero) is 1. The van der Waals surface area contributed by atoms with Gasteiger partial charge in [0.15, 0.2) is 28.8 Å². The standard InChI is InChI=1S/C22H24O6/c1-13(23)5-7-15-9-17(21(25)19(11-15)27-3)18-10-16(8-6-14(2)24)12-20(28-4)22(18)26/h5,7,9-12,25-26H,6,8H2,1-4H3/b7-5+. The molecule has 6 nitrogen and oxygen atoms in total. The average molecular weight is 384 g/mol. The monoisotopic (exact) mass is 384 g/mol. The van der Waals surface area contributed by atoms with Gasteiger partial charge < -0.3 is 24.5 Å². The largest absolute Gasteiger partial charge is 0.504 e. The van der Waals surface area contributed by atoms with Gasteiger partial charge in [-0.1, -0.05) is 6.08 Å². The minimum Gasteiger partial charge on any atom is -0.504 e. The number of carbonyl (C=O) groups excluding carboxylic acids is 2. The van der Waals surface area contributed by atoms with Gasteiger partial charge in [-0.05, 0) is 61.7 Å². The van der Waals surface area contributed by atoms with Crippen molar-refractivity contribution in [1.29, 1.82) is 0 Å². The normalized spacial score (nSPS) is 10.9. The molecule has 2 rings (SSSR count). The van der Waals surface area contributed by atoms with Gasteiger partial charge >= 0.3 is 0 Å². The van der Waals surface area contributed by atoms with Crippen molar-refractivity contribution >= 4 is 17.6 Å². The summed E-state index contributed by atoms with van der Waals surface area (Å²) in [5.74, 6) is 0.0776. The van der Waals surface area contributed by atoms with E-state index in [1.165, 1.54) is 34.1 Å². The fourth-order valence-electron chi connectivity index (χ4n) is 2.79. The van der Waals surface area contributed by atoms with Gasteiger partial charge in [-0.15, -0.1) is 0 Å². The van der Waals surface area contributed by atoms with Crippen LogP contribution in [-0.4, -0.2) is 36.0 Å². The molecule has 28 heavy (non-hydrogen) atoms. The average Bonchev–Trinajstić information content (AvgIpc) is 2.66. The molecular weight excluding hydrogens is 360 g/mol. The lowest BCUT2D eigenvalue weighted by Crippen LogP contribution is -1.97. The molecule has 2 aromatic carbocycles. The van der Waals surface area contributed by atoms with Crippen molar-refractivity contribution in [3.63, 3.8) is 0 Å². The Bertz CT molecular complexity index is 927. The Hall–Kier alpha value is -3.28. The van der Waals surface area contributed by atoms with E-state index in [1.54, 1.807) is 30.3 Å². The summed E-state index contributed by atoms with van der Waals surface area (Å²) in [7, 11) is 2.85. The third-order valence-electron chi connectivity index (χ3n) is 4.24. The lowest BCUT2D eigenvalue weighted by atomic mass is 9.96. The first kappa shape index (κ1) is 21.0. The predicted molar refractivity (Wildman–Crippen MR) is 107 cm³/mol. The highest BCUT2D eigenvalue weighted by atomic mass is 16.5. The Balaban J connectivity index is 2.67. The molecule has 6 heteroatoms. The van der Waals surface area contributed by atoms with Gasteiger partial charge in [0, 0.05) is 17.5 Å². The molecule has 0 aliphatic carbocycles. The molecule has 0 saturated carbocycles. The maximum Gasteiger partial charge on any atom is 0.165 e. The molecule has 0 bridgehead atoms. The van der Waals surface area contributed by atoms with Gasteiger partial charge in [-0.3, -0.25) is 4.79 Å². The number of hydrogen-bond acceptors (Lipinski definition) is 6. The van der Waals surface area contributed by atoms with Crippen LogP contribution in [0.3, 0.4) is 0 Å². The quantitative estimate of drug-likeness (QED) is 0.671. The van der Waals surface area contributed by atoms with Gasteiger partial charge in [-0.2, -0.15) is 0 Å². The third kappa shape index (κ3) is 4.91. The third-order valence-corrected chi connectivity index (χ3v) is 4.24. The van der Waals surface area contributed by atoms with E-state index in [-0.39, 0.29) is 34.6 Å². The molecule has 2 aromatic rings. The van der Waals surface area contributed by atoms with Crippen LogP contribution >= 0.6 is 0 Å². The summed E-state index contributed by atoms with van der Waals surface area (Å²) < 4.78 is 10.5. The summed E-state index contributed by atoms with van der Waals surface area (Å²) in [5.41, 5.74) is 2.06. The summed E-state index contributed by atoms with van der Waals surface area (Å²) in [6, 6.07) is 6.59. The van der Waals surface area contributed by atoms with Crippen LogP contribution in [0.2, 0.25) is 0 Å². The van der Waals surface area contributed by atoms with Crippen molar-refractivity contribution in [2.45, 2.75) is 26.7 Å². The van der Waals surface area contributed by atoms with E-state index < -0.39 is 0 Å². The van der Waals surface area contributed by atoms with E-state index in [0.717, 1.165) is 5.56 Å². The summed E-state index contributed by atoms with van der Waals surface area (Å²) in [4.78, 5) is 22.6. The molecule has 0 radical (unpaired) electrons. The molecular formula is C22H24O6. The van der Waals surface area contributed by atoms with Crippen LogP contribution in [0.15, 0.2) is 30.3 Å². The molecule has 0 fully saturated rings. The van der Waals surface area contributed by atoms with E-state index in [9.17, 15) is 19.8 Å². The number of carbonyl (C=O) groups is 2. The summed E-state index contributed by atoms with van der Waals surface area (Å²) >= 11 is 0. The summed E-state index contributed by atoms with van der Waals surface area (Å²) in [6.07, 6.45) is 3.83. The maximum absolute atomic E-state index is 11.3. The van der Waals surface area contributed by atoms with Crippen molar-refractivity contribution in [2.24, 2.45) is 0 Å². The fraction of sp³-hybridized carbons (Fsp3) is 0.273. The smallest absolute Gasteiger partial charge is 0.165 e. The number of phenolic OH excluding ortho intramolecular Hbond substituents is 2. The summed E-state index contributed by atoms with van der Waals surface area (Å²) in [6.45, 7) is 2.95.